The first kappa shape index (κ1) is 71.2. The number of hydrogen-bond donors (Lipinski definition) is 3. The second-order valence-corrected chi connectivity index (χ2v) is 25.0. The van der Waals surface area contributed by atoms with Gasteiger partial charge in [0.1, 0.15) is 13.2 Å². The second kappa shape index (κ2) is 55.0. The van der Waals surface area contributed by atoms with Crippen LogP contribution in [0.5, 0.6) is 0 Å². The number of amides is 1. The van der Waals surface area contributed by atoms with E-state index in [1.165, 1.54) is 270 Å². The molecule has 3 N–H and O–H groups in total. The summed E-state index contributed by atoms with van der Waals surface area (Å²) >= 11 is 0. The average molecular weight is 1040 g/mol. The largest absolute Gasteiger partial charge is 0.472 e. The van der Waals surface area contributed by atoms with Crippen molar-refractivity contribution in [2.45, 2.75) is 347 Å². The Labute approximate surface area is 450 Å². The molecule has 0 bridgehead atoms. The number of nitrogens with one attached hydrogen (secondary N) is 1. The number of hydrogen-bond acceptors (Lipinski definition) is 5. The van der Waals surface area contributed by atoms with Gasteiger partial charge in [0.25, 0.3) is 0 Å². The first-order chi connectivity index (χ1) is 35.0. The van der Waals surface area contributed by atoms with E-state index in [4.69, 9.17) is 9.05 Å². The van der Waals surface area contributed by atoms with Crippen LogP contribution in [0.4, 0.5) is 0 Å². The molecule has 3 unspecified atom stereocenters. The topological polar surface area (TPSA) is 105 Å². The molecular formula is C63H128N2O6P+. The van der Waals surface area contributed by atoms with Gasteiger partial charge in [-0.15, -0.1) is 0 Å². The molecule has 3 atom stereocenters. The minimum Gasteiger partial charge on any atom is -0.391 e. The molecular weight excluding hydrogens is 912 g/mol. The highest BCUT2D eigenvalue weighted by atomic mass is 31.2. The van der Waals surface area contributed by atoms with E-state index >= 15 is 0 Å². The predicted octanol–water partition coefficient (Wildman–Crippen LogP) is 19.8. The number of aliphatic hydroxyl groups is 1. The number of carbonyl (C=O) groups is 1. The van der Waals surface area contributed by atoms with E-state index in [0.29, 0.717) is 23.9 Å². The third-order valence-corrected chi connectivity index (χ3v) is 16.0. The molecule has 0 rings (SSSR count). The molecule has 0 saturated carbocycles. The molecule has 0 radical (unpaired) electrons. The molecule has 0 aliphatic rings. The highest BCUT2D eigenvalue weighted by Gasteiger charge is 2.28. The van der Waals surface area contributed by atoms with E-state index in [0.717, 1.165) is 38.5 Å². The summed E-state index contributed by atoms with van der Waals surface area (Å²) in [7, 11) is 1.63. The zero-order valence-electron chi connectivity index (χ0n) is 49.2. The molecule has 1 amide bonds. The van der Waals surface area contributed by atoms with Crippen molar-refractivity contribution >= 4 is 13.7 Å². The summed E-state index contributed by atoms with van der Waals surface area (Å²) in [5, 5.41) is 14.1. The van der Waals surface area contributed by atoms with Gasteiger partial charge < -0.3 is 19.8 Å². The SMILES string of the molecule is CCCCCCCCCC/C=C\CCCCCCCCCCCC(=O)NC(COP(=O)(O)OCC[N+](C)(C)C)C(O)CCCCCCCCCCCCCCCCCCCCCCCCCCCCCCC. The molecule has 0 heterocycles. The summed E-state index contributed by atoms with van der Waals surface area (Å²) in [5.74, 6) is -0.140. The van der Waals surface area contributed by atoms with Crippen LogP contribution in [0.2, 0.25) is 0 Å². The maximum absolute atomic E-state index is 13.0. The van der Waals surface area contributed by atoms with E-state index in [2.05, 4.69) is 31.3 Å². The fourth-order valence-corrected chi connectivity index (χ4v) is 10.7. The van der Waals surface area contributed by atoms with Crippen molar-refractivity contribution < 1.29 is 32.9 Å². The molecule has 0 fully saturated rings. The molecule has 0 aliphatic carbocycles. The van der Waals surface area contributed by atoms with Crippen molar-refractivity contribution in [3.8, 4) is 0 Å². The van der Waals surface area contributed by atoms with Crippen molar-refractivity contribution in [2.75, 3.05) is 40.9 Å². The van der Waals surface area contributed by atoms with Crippen LogP contribution in [0, 0.1) is 0 Å². The average Bonchev–Trinajstić information content (AvgIpc) is 3.34. The van der Waals surface area contributed by atoms with E-state index in [1.807, 2.05) is 21.1 Å². The molecule has 0 aromatic rings. The summed E-state index contributed by atoms with van der Waals surface area (Å²) in [5.41, 5.74) is 0. The van der Waals surface area contributed by atoms with Crippen LogP contribution in [0.3, 0.4) is 0 Å². The molecule has 430 valence electrons. The van der Waals surface area contributed by atoms with Gasteiger partial charge in [0, 0.05) is 6.42 Å². The molecule has 8 nitrogen and oxygen atoms in total. The summed E-state index contributed by atoms with van der Waals surface area (Å²) in [6, 6.07) is -0.760. The Balaban J connectivity index is 4.05. The summed E-state index contributed by atoms with van der Waals surface area (Å²) < 4.78 is 23.8. The fraction of sp³-hybridized carbons (Fsp3) is 0.952. The van der Waals surface area contributed by atoms with Gasteiger partial charge >= 0.3 is 7.82 Å². The van der Waals surface area contributed by atoms with Gasteiger partial charge in [-0.05, 0) is 38.5 Å². The van der Waals surface area contributed by atoms with Gasteiger partial charge in [0.15, 0.2) is 0 Å². The van der Waals surface area contributed by atoms with Crippen LogP contribution in [0.25, 0.3) is 0 Å². The van der Waals surface area contributed by atoms with E-state index in [1.54, 1.807) is 0 Å². The van der Waals surface area contributed by atoms with Crippen molar-refractivity contribution in [1.29, 1.82) is 0 Å². The Kier molecular flexibility index (Phi) is 54.4. The number of nitrogens with zero attached hydrogens (tertiary/aromatic N) is 1. The van der Waals surface area contributed by atoms with Gasteiger partial charge in [0.05, 0.1) is 39.9 Å². The van der Waals surface area contributed by atoms with Crippen LogP contribution in [0.15, 0.2) is 12.2 Å². The van der Waals surface area contributed by atoms with E-state index < -0.39 is 20.0 Å². The minimum absolute atomic E-state index is 0.0770. The Hall–Kier alpha value is -0.760. The van der Waals surface area contributed by atoms with E-state index in [9.17, 15) is 19.4 Å². The van der Waals surface area contributed by atoms with Gasteiger partial charge in [-0.3, -0.25) is 13.8 Å². The lowest BCUT2D eigenvalue weighted by molar-refractivity contribution is -0.870. The number of likely N-dealkylation sites (N-methyl/N-ethyl adjacent to an activating group) is 1. The molecule has 9 heteroatoms. The van der Waals surface area contributed by atoms with Crippen LogP contribution in [0.1, 0.15) is 335 Å². The Morgan fingerprint density at radius 1 is 0.458 bits per heavy atom. The molecule has 0 aromatic heterocycles. The molecule has 0 aliphatic heterocycles. The number of allylic oxidation sites excluding steroid dienone is 2. The standard InChI is InChI=1S/C63H127N2O6P/c1-6-8-10-12-14-16-18-20-22-24-26-28-29-30-31-32-33-34-35-37-38-40-42-44-46-48-50-52-54-56-62(66)61(60-71-72(68,69)70-59-58-65(3,4)5)64-63(67)57-55-53-51-49-47-45-43-41-39-36-27-25-23-21-19-17-15-13-11-9-7-2/h25,27,61-62,66H,6-24,26,28-60H2,1-5H3,(H-,64,67,68,69)/p+1/b27-25-. The lowest BCUT2D eigenvalue weighted by Crippen LogP contribution is -2.46. The number of quaternary nitrogens is 1. The minimum atomic E-state index is -4.32. The maximum Gasteiger partial charge on any atom is 0.472 e. The maximum atomic E-state index is 13.0. The molecule has 72 heavy (non-hydrogen) atoms. The van der Waals surface area contributed by atoms with Gasteiger partial charge in [-0.1, -0.05) is 302 Å². The Morgan fingerprint density at radius 2 is 0.750 bits per heavy atom. The van der Waals surface area contributed by atoms with Crippen LogP contribution >= 0.6 is 7.82 Å². The zero-order chi connectivity index (χ0) is 52.7. The first-order valence-electron chi connectivity index (χ1n) is 32.1. The van der Waals surface area contributed by atoms with Crippen molar-refractivity contribution in [3.05, 3.63) is 12.2 Å². The smallest absolute Gasteiger partial charge is 0.391 e. The zero-order valence-corrected chi connectivity index (χ0v) is 50.1. The monoisotopic (exact) mass is 1040 g/mol. The highest BCUT2D eigenvalue weighted by Crippen LogP contribution is 2.43. The molecule has 0 spiro atoms. The first-order valence-corrected chi connectivity index (χ1v) is 33.5. The van der Waals surface area contributed by atoms with Gasteiger partial charge in [-0.2, -0.15) is 0 Å². The number of unbranched alkanes of at least 4 members (excludes halogenated alkanes) is 45. The number of carbonyl (C=O) groups excluding carboxylic acids is 1. The third-order valence-electron chi connectivity index (χ3n) is 15.0. The summed E-state index contributed by atoms with van der Waals surface area (Å²) in [6.07, 6.45) is 68.6. The fourth-order valence-electron chi connectivity index (χ4n) is 9.99. The van der Waals surface area contributed by atoms with Crippen LogP contribution < -0.4 is 5.32 Å². The third kappa shape index (κ3) is 57.0. The van der Waals surface area contributed by atoms with Crippen LogP contribution in [-0.4, -0.2) is 73.4 Å². The summed E-state index contributed by atoms with van der Waals surface area (Å²) in [4.78, 5) is 23.4. The van der Waals surface area contributed by atoms with E-state index in [-0.39, 0.29) is 19.1 Å². The highest BCUT2D eigenvalue weighted by molar-refractivity contribution is 7.47. The molecule has 0 aromatic carbocycles. The number of phosphoric ester groups is 1. The van der Waals surface area contributed by atoms with Crippen molar-refractivity contribution in [3.63, 3.8) is 0 Å². The lowest BCUT2D eigenvalue weighted by Gasteiger charge is -2.26. The number of phosphoric acid groups is 1. The van der Waals surface area contributed by atoms with Gasteiger partial charge in [-0.25, -0.2) is 4.57 Å². The van der Waals surface area contributed by atoms with Crippen molar-refractivity contribution in [2.24, 2.45) is 0 Å². The molecule has 0 saturated heterocycles. The number of rotatable bonds is 60. The number of aliphatic hydroxyl groups excluding tert-OH is 1. The lowest BCUT2D eigenvalue weighted by atomic mass is 10.0. The Morgan fingerprint density at radius 3 is 1.07 bits per heavy atom. The summed E-state index contributed by atoms with van der Waals surface area (Å²) in [6.45, 7) is 4.94. The normalized spacial score (nSPS) is 13.8. The quantitative estimate of drug-likeness (QED) is 0.0243. The second-order valence-electron chi connectivity index (χ2n) is 23.5. The van der Waals surface area contributed by atoms with Gasteiger partial charge in [0.2, 0.25) is 5.91 Å². The predicted molar refractivity (Wildman–Crippen MR) is 314 cm³/mol. The van der Waals surface area contributed by atoms with Crippen molar-refractivity contribution in [1.82, 2.24) is 5.32 Å². The van der Waals surface area contributed by atoms with Crippen LogP contribution in [-0.2, 0) is 18.4 Å². The Bertz CT molecular complexity index is 1180.